The molecule has 1 amide bonds. The van der Waals surface area contributed by atoms with Crippen LogP contribution in [0.15, 0.2) is 70.1 Å². The summed E-state index contributed by atoms with van der Waals surface area (Å²) in [4.78, 5) is 32.7. The number of likely N-dealkylation sites (tertiary alicyclic amines) is 1. The maximum atomic E-state index is 13.6. The van der Waals surface area contributed by atoms with Crippen LogP contribution in [0.1, 0.15) is 51.4 Å². The van der Waals surface area contributed by atoms with E-state index in [1.54, 1.807) is 23.6 Å². The van der Waals surface area contributed by atoms with Crippen LogP contribution in [0.2, 0.25) is 0 Å². The van der Waals surface area contributed by atoms with Gasteiger partial charge in [-0.05, 0) is 77.5 Å². The first-order chi connectivity index (χ1) is 22.6. The first-order valence-corrected chi connectivity index (χ1v) is 15.4. The third-order valence-corrected chi connectivity index (χ3v) is 9.17. The van der Waals surface area contributed by atoms with E-state index in [1.807, 2.05) is 4.90 Å². The number of benzene rings is 2. The fourth-order valence-electron chi connectivity index (χ4n) is 5.56. The second-order valence-corrected chi connectivity index (χ2v) is 12.2. The molecule has 1 N–H and O–H groups in total. The number of carbonyl (C=O) groups excluding carboxylic acids is 1. The lowest BCUT2D eigenvalue weighted by Crippen LogP contribution is -2.39. The number of halogens is 6. The van der Waals surface area contributed by atoms with Crippen LogP contribution < -0.4 is 4.74 Å². The molecule has 3 aromatic rings. The molecule has 0 bridgehead atoms. The highest BCUT2D eigenvalue weighted by atomic mass is 32.1. The van der Waals surface area contributed by atoms with Crippen molar-refractivity contribution < 1.29 is 50.5 Å². The number of hydrogen-bond acceptors (Lipinski definition) is 7. The van der Waals surface area contributed by atoms with Gasteiger partial charge in [-0.3, -0.25) is 4.90 Å². The van der Waals surface area contributed by atoms with E-state index < -0.39 is 53.3 Å². The quantitative estimate of drug-likeness (QED) is 0.191. The van der Waals surface area contributed by atoms with Crippen LogP contribution in [-0.2, 0) is 17.1 Å². The molecule has 6 rings (SSSR count). The Hall–Kier alpha value is -4.97. The molecule has 2 aromatic carbocycles. The largest absolute Gasteiger partial charge is 0.496 e. The lowest BCUT2D eigenvalue weighted by Gasteiger charge is -2.33. The summed E-state index contributed by atoms with van der Waals surface area (Å²) in [6.07, 6.45) is -11.6. The zero-order valence-electron chi connectivity index (χ0n) is 25.2. The molecule has 8 nitrogen and oxygen atoms in total. The van der Waals surface area contributed by atoms with Gasteiger partial charge in [0.1, 0.15) is 16.7 Å². The van der Waals surface area contributed by atoms with Gasteiger partial charge in [-0.25, -0.2) is 14.6 Å². The molecule has 0 unspecified atom stereocenters. The highest BCUT2D eigenvalue weighted by molar-refractivity contribution is 7.12. The molecular formula is C33H25F6N3O5S. The molecule has 15 heteroatoms. The molecule has 3 aliphatic rings. The highest BCUT2D eigenvalue weighted by Gasteiger charge is 2.44. The monoisotopic (exact) mass is 689 g/mol. The van der Waals surface area contributed by atoms with Crippen LogP contribution in [0.25, 0.3) is 16.7 Å². The smallest absolute Gasteiger partial charge is 0.416 e. The standard InChI is InChI=1S/C33H25F6N3O5S/c1-17-29(19-10-21(32(34,35)36)14-22(11-19)33(37,38)39)47-31(45)42(17)15-25-23(5-7-28(40-25)41-8-3-9-41)24-12-18(4-6-26(24)46-2)20-13-27(30(43)44)48-16-20/h4,6,10-14,16-17,29H,3,8-9,15H2,1-2H3,(H,43,44)/t17-,29-/m0/s1. The van der Waals surface area contributed by atoms with E-state index in [0.29, 0.717) is 64.8 Å². The molecule has 3 aliphatic heterocycles. The maximum absolute atomic E-state index is 13.6. The lowest BCUT2D eigenvalue weighted by atomic mass is 9.94. The predicted octanol–water partition coefficient (Wildman–Crippen LogP) is 7.88. The number of hydrogen-bond donors (Lipinski definition) is 1. The number of methoxy groups -OCH3 is 1. The molecule has 2 fully saturated rings. The van der Waals surface area contributed by atoms with E-state index in [0.717, 1.165) is 17.8 Å². The Morgan fingerprint density at radius 3 is 2.29 bits per heavy atom. The molecule has 48 heavy (non-hydrogen) atoms. The van der Waals surface area contributed by atoms with Crippen LogP contribution in [0, 0.1) is 0 Å². The van der Waals surface area contributed by atoms with Crippen LogP contribution in [-0.4, -0.2) is 65.5 Å². The van der Waals surface area contributed by atoms with E-state index in [2.05, 4.69) is 11.5 Å². The molecule has 2 atom stereocenters. The number of ether oxygens (including phenoxy) is 2. The van der Waals surface area contributed by atoms with Gasteiger partial charge in [0.25, 0.3) is 0 Å². The molecule has 1 aromatic heterocycles. The van der Waals surface area contributed by atoms with Crippen LogP contribution in [0.5, 0.6) is 5.75 Å². The van der Waals surface area contributed by atoms with Crippen molar-refractivity contribution in [3.63, 3.8) is 0 Å². The molecule has 0 radical (unpaired) electrons. The summed E-state index contributed by atoms with van der Waals surface area (Å²) < 4.78 is 92.6. The van der Waals surface area contributed by atoms with Crippen LogP contribution >= 0.6 is 11.3 Å². The second-order valence-electron chi connectivity index (χ2n) is 11.3. The van der Waals surface area contributed by atoms with E-state index in [-0.39, 0.29) is 17.5 Å². The molecule has 2 saturated heterocycles. The van der Waals surface area contributed by atoms with Crippen molar-refractivity contribution in [2.75, 3.05) is 26.7 Å². The minimum Gasteiger partial charge on any atom is -0.496 e. The first kappa shape index (κ1) is 33.0. The Kier molecular flexibility index (Phi) is 8.40. The molecule has 4 heterocycles. The van der Waals surface area contributed by atoms with E-state index in [9.17, 15) is 41.0 Å². The Labute approximate surface area is 273 Å². The van der Waals surface area contributed by atoms with Gasteiger partial charge in [0, 0.05) is 18.7 Å². The summed E-state index contributed by atoms with van der Waals surface area (Å²) >= 11 is 1.06. The normalized spacial score (nSPS) is 19.4. The number of nitrogens with zero attached hydrogens (tertiary/aromatic N) is 3. The number of alkyl halides is 6. The van der Waals surface area contributed by atoms with Crippen LogP contribution in [0.3, 0.4) is 0 Å². The number of aliphatic imine (C=N–C) groups is 1. The number of carbonyl (C=O) groups is 2. The summed E-state index contributed by atoms with van der Waals surface area (Å²) in [5.74, 6) is -0.223. The van der Waals surface area contributed by atoms with E-state index in [1.165, 1.54) is 25.0 Å². The number of carboxylic acid groups (broad SMARTS) is 1. The Morgan fingerprint density at radius 2 is 1.73 bits per heavy atom. The number of amides is 1. The number of cyclic esters (lactones) is 1. The van der Waals surface area contributed by atoms with Crippen molar-refractivity contribution >= 4 is 34.7 Å². The molecule has 0 aliphatic carbocycles. The third-order valence-electron chi connectivity index (χ3n) is 8.25. The minimum absolute atomic E-state index is 0.0204. The predicted molar refractivity (Wildman–Crippen MR) is 163 cm³/mol. The van der Waals surface area contributed by atoms with Gasteiger partial charge in [-0.2, -0.15) is 26.3 Å². The lowest BCUT2D eigenvalue weighted by molar-refractivity contribution is -0.143. The zero-order chi connectivity index (χ0) is 34.5. The summed E-state index contributed by atoms with van der Waals surface area (Å²) in [6.45, 7) is 2.65. The number of rotatable bonds is 8. The topological polar surface area (TPSA) is 91.7 Å². The summed E-state index contributed by atoms with van der Waals surface area (Å²) in [5, 5.41) is 11.1. The van der Waals surface area contributed by atoms with Crippen LogP contribution in [0.4, 0.5) is 31.1 Å². The van der Waals surface area contributed by atoms with Crippen molar-refractivity contribution in [3.05, 3.63) is 92.3 Å². The van der Waals surface area contributed by atoms with Crippen molar-refractivity contribution in [3.8, 4) is 16.9 Å². The van der Waals surface area contributed by atoms with Gasteiger partial charge in [0.15, 0.2) is 5.82 Å². The van der Waals surface area contributed by atoms with Gasteiger partial charge >= 0.3 is 24.4 Å². The fraction of sp³-hybridized carbons (Fsp3) is 0.303. The Morgan fingerprint density at radius 1 is 1.04 bits per heavy atom. The van der Waals surface area contributed by atoms with Crippen molar-refractivity contribution in [1.82, 2.24) is 9.80 Å². The number of carboxylic acids is 1. The second kappa shape index (κ2) is 12.2. The zero-order valence-corrected chi connectivity index (χ0v) is 26.0. The van der Waals surface area contributed by atoms with Gasteiger partial charge in [0.05, 0.1) is 42.1 Å². The number of aromatic carboxylic acids is 1. The fourth-order valence-corrected chi connectivity index (χ4v) is 6.32. The van der Waals surface area contributed by atoms with Gasteiger partial charge in [-0.1, -0.05) is 11.8 Å². The first-order valence-electron chi connectivity index (χ1n) is 14.5. The molecule has 250 valence electrons. The van der Waals surface area contributed by atoms with Gasteiger partial charge in [0.2, 0.25) is 0 Å². The maximum Gasteiger partial charge on any atom is 0.416 e. The van der Waals surface area contributed by atoms with Gasteiger partial charge < -0.3 is 19.5 Å². The summed E-state index contributed by atoms with van der Waals surface area (Å²) in [7, 11) is 1.45. The van der Waals surface area contributed by atoms with Crippen molar-refractivity contribution in [2.24, 2.45) is 4.99 Å². The van der Waals surface area contributed by atoms with Crippen molar-refractivity contribution in [2.45, 2.75) is 37.8 Å². The number of thiophene rings is 1. The third kappa shape index (κ3) is 6.32. The summed E-state index contributed by atoms with van der Waals surface area (Å²) in [6, 6.07) is 6.83. The van der Waals surface area contributed by atoms with Gasteiger partial charge in [-0.15, -0.1) is 11.3 Å². The van der Waals surface area contributed by atoms with E-state index >= 15 is 0 Å². The van der Waals surface area contributed by atoms with Crippen molar-refractivity contribution in [1.29, 1.82) is 0 Å². The molecular weight excluding hydrogens is 664 g/mol. The molecule has 0 spiro atoms. The minimum atomic E-state index is -5.07. The summed E-state index contributed by atoms with van der Waals surface area (Å²) in [5.41, 5.74) is 5.11. The average Bonchev–Trinajstić information content (AvgIpc) is 3.61. The SMILES string of the molecule is COc1ccc(-c2csc(C(=O)O)c2)cc1C1=C=C=C(N2CCC2)N=C1CN1C(=O)O[C@H](c2cc(C(F)(F)F)cc(C(F)(F)F)c2)[C@@H]1C. The average molecular weight is 690 g/mol. The Bertz CT molecular complexity index is 1920. The highest BCUT2D eigenvalue weighted by Crippen LogP contribution is 2.41. The Balaban J connectivity index is 1.37. The van der Waals surface area contributed by atoms with E-state index in [4.69, 9.17) is 14.5 Å². The molecule has 0 saturated carbocycles.